The molecule has 0 radical (unpaired) electrons. The molecule has 1 fully saturated rings. The van der Waals surface area contributed by atoms with Gasteiger partial charge in [0.15, 0.2) is 0 Å². The summed E-state index contributed by atoms with van der Waals surface area (Å²) in [6.07, 6.45) is 3.06. The average molecular weight is 241 g/mol. The Labute approximate surface area is 103 Å². The maximum Gasteiger partial charge on any atom is 0.237 e. The lowest BCUT2D eigenvalue weighted by molar-refractivity contribution is -0.123. The van der Waals surface area contributed by atoms with Crippen LogP contribution in [0.25, 0.3) is 0 Å². The van der Waals surface area contributed by atoms with Gasteiger partial charge in [-0.25, -0.2) is 0 Å². The van der Waals surface area contributed by atoms with Crippen LogP contribution in [-0.2, 0) is 9.59 Å². The highest BCUT2D eigenvalue weighted by atomic mass is 16.2. The van der Waals surface area contributed by atoms with Gasteiger partial charge in [0, 0.05) is 12.1 Å². The van der Waals surface area contributed by atoms with Gasteiger partial charge in [-0.2, -0.15) is 0 Å². The van der Waals surface area contributed by atoms with E-state index in [0.717, 1.165) is 19.3 Å². The first-order valence-corrected chi connectivity index (χ1v) is 6.36. The Morgan fingerprint density at radius 1 is 1.29 bits per heavy atom. The smallest absolute Gasteiger partial charge is 0.237 e. The molecule has 0 aromatic carbocycles. The summed E-state index contributed by atoms with van der Waals surface area (Å²) >= 11 is 0. The van der Waals surface area contributed by atoms with E-state index in [1.54, 1.807) is 6.92 Å². The molecule has 0 heterocycles. The summed E-state index contributed by atoms with van der Waals surface area (Å²) in [6, 6.07) is 0.221. The highest BCUT2D eigenvalue weighted by Crippen LogP contribution is 2.18. The molecule has 0 aliphatic heterocycles. The number of hydrogen-bond acceptors (Lipinski definition) is 3. The van der Waals surface area contributed by atoms with E-state index in [-0.39, 0.29) is 30.4 Å². The molecule has 1 rings (SSSR count). The number of hydrogen-bond donors (Lipinski definition) is 3. The van der Waals surface area contributed by atoms with Crippen molar-refractivity contribution >= 4 is 11.8 Å². The predicted molar refractivity (Wildman–Crippen MR) is 66.5 cm³/mol. The van der Waals surface area contributed by atoms with Crippen molar-refractivity contribution in [2.24, 2.45) is 0 Å². The van der Waals surface area contributed by atoms with Gasteiger partial charge in [0.05, 0.1) is 12.6 Å². The second-order valence-corrected chi connectivity index (χ2v) is 4.76. The lowest BCUT2D eigenvalue weighted by Gasteiger charge is -2.15. The summed E-state index contributed by atoms with van der Waals surface area (Å²) in [5.41, 5.74) is 0. The molecule has 2 atom stereocenters. The molecule has 98 valence electrons. The Morgan fingerprint density at radius 2 is 1.94 bits per heavy atom. The van der Waals surface area contributed by atoms with Crippen molar-refractivity contribution in [3.05, 3.63) is 0 Å². The molecule has 0 spiro atoms. The van der Waals surface area contributed by atoms with Gasteiger partial charge in [0.1, 0.15) is 0 Å². The van der Waals surface area contributed by atoms with Crippen molar-refractivity contribution in [3.8, 4) is 0 Å². The van der Waals surface area contributed by atoms with Crippen molar-refractivity contribution in [1.82, 2.24) is 16.0 Å². The lowest BCUT2D eigenvalue weighted by atomic mass is 10.2. The number of carbonyl (C=O) groups excluding carboxylic acids is 2. The van der Waals surface area contributed by atoms with Crippen LogP contribution in [0.1, 0.15) is 40.0 Å². The molecule has 0 aromatic rings. The van der Waals surface area contributed by atoms with Crippen molar-refractivity contribution in [2.45, 2.75) is 58.2 Å². The first kappa shape index (κ1) is 14.0. The normalized spacial score (nSPS) is 18.3. The molecule has 2 amide bonds. The van der Waals surface area contributed by atoms with Crippen LogP contribution in [0.2, 0.25) is 0 Å². The molecule has 17 heavy (non-hydrogen) atoms. The summed E-state index contributed by atoms with van der Waals surface area (Å²) in [7, 11) is 0. The molecule has 3 N–H and O–H groups in total. The quantitative estimate of drug-likeness (QED) is 0.594. The summed E-state index contributed by atoms with van der Waals surface area (Å²) in [4.78, 5) is 23.0. The minimum absolute atomic E-state index is 0.0242. The van der Waals surface area contributed by atoms with Gasteiger partial charge in [-0.15, -0.1) is 0 Å². The van der Waals surface area contributed by atoms with Gasteiger partial charge >= 0.3 is 0 Å². The Hall–Kier alpha value is -1.10. The third-order valence-corrected chi connectivity index (χ3v) is 2.91. The van der Waals surface area contributed by atoms with E-state index in [1.807, 2.05) is 13.8 Å². The zero-order valence-electron chi connectivity index (χ0n) is 10.9. The fraction of sp³-hybridized carbons (Fsp3) is 0.833. The van der Waals surface area contributed by atoms with E-state index in [1.165, 1.54) is 0 Å². The number of rotatable bonds is 7. The average Bonchev–Trinajstić information content (AvgIpc) is 3.09. The zero-order valence-corrected chi connectivity index (χ0v) is 10.9. The molecule has 5 heteroatoms. The molecule has 0 bridgehead atoms. The largest absolute Gasteiger partial charge is 0.353 e. The monoisotopic (exact) mass is 241 g/mol. The fourth-order valence-electron chi connectivity index (χ4n) is 1.32. The molecule has 1 saturated carbocycles. The number of carbonyl (C=O) groups is 2. The van der Waals surface area contributed by atoms with Crippen LogP contribution in [0.3, 0.4) is 0 Å². The molecular formula is C12H23N3O2. The molecule has 0 aromatic heterocycles. The van der Waals surface area contributed by atoms with Crippen molar-refractivity contribution < 1.29 is 9.59 Å². The van der Waals surface area contributed by atoms with Gasteiger partial charge in [0.25, 0.3) is 0 Å². The molecular weight excluding hydrogens is 218 g/mol. The van der Waals surface area contributed by atoms with Crippen LogP contribution in [0.5, 0.6) is 0 Å². The van der Waals surface area contributed by atoms with E-state index in [9.17, 15) is 9.59 Å². The van der Waals surface area contributed by atoms with Crippen LogP contribution in [-0.4, -0.2) is 36.5 Å². The fourth-order valence-corrected chi connectivity index (χ4v) is 1.32. The van der Waals surface area contributed by atoms with E-state index in [2.05, 4.69) is 16.0 Å². The van der Waals surface area contributed by atoms with Gasteiger partial charge in [-0.05, 0) is 33.1 Å². The number of amides is 2. The summed E-state index contributed by atoms with van der Waals surface area (Å²) < 4.78 is 0. The second kappa shape index (κ2) is 6.59. The van der Waals surface area contributed by atoms with Crippen molar-refractivity contribution in [2.75, 3.05) is 6.54 Å². The van der Waals surface area contributed by atoms with Crippen LogP contribution >= 0.6 is 0 Å². The second-order valence-electron chi connectivity index (χ2n) is 4.76. The van der Waals surface area contributed by atoms with Crippen LogP contribution in [0.15, 0.2) is 0 Å². The van der Waals surface area contributed by atoms with Gasteiger partial charge in [-0.1, -0.05) is 6.92 Å². The Bertz CT molecular complexity index is 277. The summed E-state index contributed by atoms with van der Waals surface area (Å²) in [5, 5.41) is 8.66. The molecule has 0 saturated heterocycles. The van der Waals surface area contributed by atoms with Crippen LogP contribution in [0.4, 0.5) is 0 Å². The maximum absolute atomic E-state index is 11.6. The van der Waals surface area contributed by atoms with E-state index >= 15 is 0 Å². The minimum atomic E-state index is -0.321. The van der Waals surface area contributed by atoms with Gasteiger partial charge < -0.3 is 10.6 Å². The van der Waals surface area contributed by atoms with Gasteiger partial charge in [-0.3, -0.25) is 14.9 Å². The van der Waals surface area contributed by atoms with E-state index in [4.69, 9.17) is 0 Å². The van der Waals surface area contributed by atoms with E-state index in [0.29, 0.717) is 6.04 Å². The Balaban J connectivity index is 2.15. The first-order chi connectivity index (χ1) is 8.02. The maximum atomic E-state index is 11.6. The third-order valence-electron chi connectivity index (χ3n) is 2.91. The molecule has 2 unspecified atom stereocenters. The molecule has 5 nitrogen and oxygen atoms in total. The lowest BCUT2D eigenvalue weighted by Crippen LogP contribution is -2.47. The summed E-state index contributed by atoms with van der Waals surface area (Å²) in [6.45, 7) is 5.93. The highest BCUT2D eigenvalue weighted by molar-refractivity contribution is 5.83. The predicted octanol–water partition coefficient (Wildman–Crippen LogP) is 0.158. The van der Waals surface area contributed by atoms with Crippen LogP contribution in [0, 0.1) is 0 Å². The molecule has 1 aliphatic rings. The minimum Gasteiger partial charge on any atom is -0.353 e. The molecule has 1 aliphatic carbocycles. The number of nitrogens with one attached hydrogen (secondary N) is 3. The van der Waals surface area contributed by atoms with Gasteiger partial charge in [0.2, 0.25) is 11.8 Å². The highest BCUT2D eigenvalue weighted by Gasteiger charge is 2.25. The topological polar surface area (TPSA) is 70.2 Å². The van der Waals surface area contributed by atoms with E-state index < -0.39 is 0 Å². The van der Waals surface area contributed by atoms with Crippen molar-refractivity contribution in [3.63, 3.8) is 0 Å². The van der Waals surface area contributed by atoms with Crippen molar-refractivity contribution in [1.29, 1.82) is 0 Å². The third kappa shape index (κ3) is 5.68. The Kier molecular flexibility index (Phi) is 5.41. The first-order valence-electron chi connectivity index (χ1n) is 6.36. The standard InChI is InChI=1S/C12H23N3O2/c1-4-8(2)14-11(16)7-13-9(3)12(17)15-10-5-6-10/h8-10,13H,4-7H2,1-3H3,(H,14,16)(H,15,17). The Morgan fingerprint density at radius 3 is 2.47 bits per heavy atom. The summed E-state index contributed by atoms with van der Waals surface area (Å²) in [5.74, 6) is -0.0886. The van der Waals surface area contributed by atoms with Crippen LogP contribution < -0.4 is 16.0 Å². The SMILES string of the molecule is CCC(C)NC(=O)CNC(C)C(=O)NC1CC1. The zero-order chi connectivity index (χ0) is 12.8.